The molecule has 452 valence electrons. The van der Waals surface area contributed by atoms with Crippen LogP contribution in [0.25, 0.3) is 10.8 Å². The predicted molar refractivity (Wildman–Crippen MR) is 336 cm³/mol. The summed E-state index contributed by atoms with van der Waals surface area (Å²) in [6.45, 7) is 7.12. The highest BCUT2D eigenvalue weighted by atomic mass is 16.5. The molecule has 16 unspecified atom stereocenters. The van der Waals surface area contributed by atoms with Gasteiger partial charge in [-0.1, -0.05) is 175 Å². The molecule has 0 amide bonds. The van der Waals surface area contributed by atoms with Crippen LogP contribution in [0.4, 0.5) is 0 Å². The number of cyclic esters (lactones) is 1. The average Bonchev–Trinajstić information content (AvgIpc) is 1.49. The topological polar surface area (TPSA) is 113 Å². The number of ether oxygens (including phenoxy) is 2. The van der Waals surface area contributed by atoms with E-state index in [4.69, 9.17) is 9.47 Å². The van der Waals surface area contributed by atoms with Crippen molar-refractivity contribution in [3.05, 3.63) is 143 Å². The molecule has 7 fully saturated rings. The molecule has 4 aromatic carbocycles. The maximum atomic E-state index is 15.2. The van der Waals surface area contributed by atoms with Crippen LogP contribution in [0.15, 0.2) is 115 Å². The van der Waals surface area contributed by atoms with Crippen LogP contribution in [-0.2, 0) is 30.9 Å². The van der Waals surface area contributed by atoms with Gasteiger partial charge in [0.05, 0.1) is 28.6 Å². The fourth-order valence-corrected chi connectivity index (χ4v) is 24.2. The van der Waals surface area contributed by atoms with Gasteiger partial charge in [-0.05, 0) is 224 Å². The first kappa shape index (κ1) is 56.9. The van der Waals surface area contributed by atoms with Crippen LogP contribution in [-0.4, -0.2) is 57.3 Å². The summed E-state index contributed by atoms with van der Waals surface area (Å²) in [6.07, 6.45) is 31.3. The number of aliphatic hydroxyl groups excluding tert-OH is 1. The molecule has 0 saturated heterocycles. The Morgan fingerprint density at radius 3 is 2.27 bits per heavy atom. The molecule has 1 heterocycles. The molecule has 16 atom stereocenters. The van der Waals surface area contributed by atoms with Crippen molar-refractivity contribution in [2.45, 2.75) is 247 Å². The molecule has 85 heavy (non-hydrogen) atoms. The van der Waals surface area contributed by atoms with Crippen molar-refractivity contribution >= 4 is 22.7 Å². The van der Waals surface area contributed by atoms with Gasteiger partial charge in [0.1, 0.15) is 12.7 Å². The van der Waals surface area contributed by atoms with E-state index in [2.05, 4.69) is 118 Å². The normalized spacial score (nSPS) is 40.6. The first-order valence-electron chi connectivity index (χ1n) is 34.7. The molecule has 2 bridgehead atoms. The summed E-state index contributed by atoms with van der Waals surface area (Å²) in [7, 11) is 0. The maximum absolute atomic E-state index is 15.2. The number of fused-ring (bicyclic) bond motifs is 5. The zero-order chi connectivity index (χ0) is 58.2. The second-order valence-corrected chi connectivity index (χ2v) is 31.5. The molecule has 15 rings (SSSR count). The van der Waals surface area contributed by atoms with Gasteiger partial charge in [-0.3, -0.25) is 4.79 Å². The van der Waals surface area contributed by atoms with Gasteiger partial charge in [-0.25, -0.2) is 4.79 Å². The minimum Gasteiger partial charge on any atom is -0.462 e. The molecule has 7 nitrogen and oxygen atoms in total. The second-order valence-electron chi connectivity index (χ2n) is 31.5. The van der Waals surface area contributed by atoms with E-state index in [1.165, 1.54) is 75.2 Å². The van der Waals surface area contributed by atoms with E-state index in [0.29, 0.717) is 54.8 Å². The summed E-state index contributed by atoms with van der Waals surface area (Å²) < 4.78 is 12.8. The minimum absolute atomic E-state index is 0.0920. The Hall–Kier alpha value is -4.56. The van der Waals surface area contributed by atoms with Crippen molar-refractivity contribution in [1.29, 1.82) is 0 Å². The van der Waals surface area contributed by atoms with Crippen LogP contribution in [0.1, 0.15) is 240 Å². The third kappa shape index (κ3) is 8.38. The first-order chi connectivity index (χ1) is 41.1. The molecule has 4 aromatic rings. The smallest absolute Gasteiger partial charge is 0.331 e. The standard InChI is InChI=1S/C78H98O7/c1-51(19-17-22-52-20-7-4-8-21-52)32-41-76(82)44-43-71(2)48-63(85-70(81)55-23-9-5-10-24-55)69-72(3,39-35-64(79)78(69,76)77(71,83)42-33-53-45-65(80)84-49-53)57-34-40-75-50-73(36-15-16-37-73)62-47-74(56-26-11-6-12-27-56)38-14-13-29-60(74)59-31-30-54-25-18-28-58(61(75)46-57)66(54)67(59)68(62)75/h4,6-8,11-12,18,20-21,25-28,30-31,43-45,51,55,57,60-64,68-69,79,82-83H,5,9-10,13-17,19,22-24,29,32-42,46-50H2,1-3H3. The first-order valence-corrected chi connectivity index (χ1v) is 34.7. The van der Waals surface area contributed by atoms with Gasteiger partial charge in [0, 0.05) is 22.8 Å². The number of benzene rings is 4. The van der Waals surface area contributed by atoms with Crippen LogP contribution >= 0.6 is 0 Å². The van der Waals surface area contributed by atoms with Crippen LogP contribution in [0.5, 0.6) is 0 Å². The summed E-state index contributed by atoms with van der Waals surface area (Å²) in [5.41, 5.74) is 2.90. The quantitative estimate of drug-likeness (QED) is 0.0851. The van der Waals surface area contributed by atoms with Crippen molar-refractivity contribution in [3.63, 3.8) is 0 Å². The Balaban J connectivity index is 0.872. The summed E-state index contributed by atoms with van der Waals surface area (Å²) in [5, 5.41) is 46.2. The average molecular weight is 1150 g/mol. The van der Waals surface area contributed by atoms with Crippen molar-refractivity contribution in [2.24, 2.45) is 56.7 Å². The monoisotopic (exact) mass is 1150 g/mol. The predicted octanol–water partition coefficient (Wildman–Crippen LogP) is 16.8. The molecule has 0 radical (unpaired) electrons. The zero-order valence-electron chi connectivity index (χ0n) is 51.6. The molecule has 3 N–H and O–H groups in total. The summed E-state index contributed by atoms with van der Waals surface area (Å²) in [6, 6.07) is 35.1. The molecular formula is C78H98O7. The molecule has 0 aromatic heterocycles. The SMILES string of the molecule is CC(CCCc1ccccc1)CCC1(O)C=CC2(C)CC(OC(=O)C3CCCCC3)C3C(C)(C4CCC56CC7(CCCC7)C7CC8(c9ccccc9)CCCCC8c8ccc9cccc(c9c8C75)C6C4)CCC(O)C31C2(O)CCC1=CC(=O)OC1. The highest BCUT2D eigenvalue weighted by molar-refractivity contribution is 5.93. The van der Waals surface area contributed by atoms with E-state index < -0.39 is 45.6 Å². The van der Waals surface area contributed by atoms with Gasteiger partial charge in [-0.15, -0.1) is 0 Å². The van der Waals surface area contributed by atoms with E-state index >= 15 is 4.79 Å². The van der Waals surface area contributed by atoms with E-state index in [9.17, 15) is 20.1 Å². The summed E-state index contributed by atoms with van der Waals surface area (Å²) in [4.78, 5) is 27.9. The van der Waals surface area contributed by atoms with Crippen LogP contribution < -0.4 is 0 Å². The molecule has 1 aliphatic heterocycles. The second kappa shape index (κ2) is 21.0. The highest BCUT2D eigenvalue weighted by Gasteiger charge is 2.82. The van der Waals surface area contributed by atoms with E-state index in [1.54, 1.807) is 33.7 Å². The van der Waals surface area contributed by atoms with Crippen LogP contribution in [0.2, 0.25) is 0 Å². The lowest BCUT2D eigenvalue weighted by Gasteiger charge is -2.76. The van der Waals surface area contributed by atoms with Gasteiger partial charge >= 0.3 is 11.9 Å². The Labute approximate surface area is 507 Å². The van der Waals surface area contributed by atoms with E-state index in [0.717, 1.165) is 89.0 Å². The number of aryl methyl sites for hydroxylation is 1. The molecular weight excluding hydrogens is 1050 g/mol. The number of aliphatic hydroxyl groups is 3. The number of esters is 2. The fourth-order valence-electron chi connectivity index (χ4n) is 24.2. The van der Waals surface area contributed by atoms with Gasteiger partial charge in [0.2, 0.25) is 0 Å². The fraction of sp³-hybridized carbons (Fsp3) is 0.641. The maximum Gasteiger partial charge on any atom is 0.331 e. The number of rotatable bonds is 14. The third-order valence-electron chi connectivity index (χ3n) is 27.9. The van der Waals surface area contributed by atoms with Gasteiger partial charge in [-0.2, -0.15) is 0 Å². The van der Waals surface area contributed by atoms with Gasteiger partial charge in [0.15, 0.2) is 0 Å². The van der Waals surface area contributed by atoms with Crippen molar-refractivity contribution in [1.82, 2.24) is 0 Å². The zero-order valence-corrected chi connectivity index (χ0v) is 51.6. The van der Waals surface area contributed by atoms with Crippen molar-refractivity contribution in [3.8, 4) is 0 Å². The molecule has 3 spiro atoms. The summed E-state index contributed by atoms with van der Waals surface area (Å²) >= 11 is 0. The summed E-state index contributed by atoms with van der Waals surface area (Å²) in [5.74, 6) is 1.13. The Morgan fingerprint density at radius 2 is 1.49 bits per heavy atom. The van der Waals surface area contributed by atoms with Gasteiger partial charge in [0.25, 0.3) is 0 Å². The lowest BCUT2D eigenvalue weighted by atomic mass is 9.31. The van der Waals surface area contributed by atoms with Gasteiger partial charge < -0.3 is 24.8 Å². The van der Waals surface area contributed by atoms with Crippen molar-refractivity contribution < 1.29 is 34.4 Å². The number of carbonyl (C=O) groups excluding carboxylic acids is 2. The number of hydrogen-bond donors (Lipinski definition) is 3. The highest BCUT2D eigenvalue weighted by Crippen LogP contribution is 2.82. The number of hydrogen-bond acceptors (Lipinski definition) is 7. The molecule has 11 aliphatic rings. The molecule has 7 saturated carbocycles. The lowest BCUT2D eigenvalue weighted by Crippen LogP contribution is -2.83. The minimum atomic E-state index is -1.65. The number of carbonyl (C=O) groups is 2. The molecule has 10 aliphatic carbocycles. The van der Waals surface area contributed by atoms with Crippen molar-refractivity contribution in [2.75, 3.05) is 6.61 Å². The Morgan fingerprint density at radius 1 is 0.729 bits per heavy atom. The Bertz CT molecular complexity index is 3260. The lowest BCUT2D eigenvalue weighted by molar-refractivity contribution is -0.363. The largest absolute Gasteiger partial charge is 0.462 e. The molecule has 7 heteroatoms. The Kier molecular flexibility index (Phi) is 14.1. The van der Waals surface area contributed by atoms with E-state index in [-0.39, 0.29) is 53.6 Å². The third-order valence-corrected chi connectivity index (χ3v) is 27.9. The van der Waals surface area contributed by atoms with Crippen LogP contribution in [0.3, 0.4) is 0 Å². The van der Waals surface area contributed by atoms with Crippen LogP contribution in [0, 0.1) is 56.7 Å². The van der Waals surface area contributed by atoms with E-state index in [1.807, 2.05) is 6.08 Å².